The maximum atomic E-state index is 13.5. The SMILES string of the molecule is CN[C@H](CC1CCCCCC1)C(=O)N1CC[C@H]2CC21C(=O)N[C@H](C=O)CCCN=C(N)N. The van der Waals surface area contributed by atoms with Crippen molar-refractivity contribution >= 4 is 24.1 Å². The van der Waals surface area contributed by atoms with E-state index in [0.717, 1.165) is 19.1 Å². The van der Waals surface area contributed by atoms with Crippen molar-refractivity contribution in [1.82, 2.24) is 15.5 Å². The van der Waals surface area contributed by atoms with E-state index in [-0.39, 0.29) is 29.7 Å². The zero-order valence-corrected chi connectivity index (χ0v) is 19.4. The number of rotatable bonds is 11. The third-order valence-corrected chi connectivity index (χ3v) is 7.55. The highest BCUT2D eigenvalue weighted by atomic mass is 16.2. The average molecular weight is 449 g/mol. The molecule has 0 radical (unpaired) electrons. The van der Waals surface area contributed by atoms with Gasteiger partial charge in [0, 0.05) is 13.1 Å². The molecule has 6 N–H and O–H groups in total. The van der Waals surface area contributed by atoms with E-state index in [9.17, 15) is 14.4 Å². The van der Waals surface area contributed by atoms with Crippen LogP contribution in [0.25, 0.3) is 0 Å². The molecular weight excluding hydrogens is 408 g/mol. The molecule has 3 aliphatic rings. The molecule has 3 rings (SSSR count). The number of piperidine rings is 1. The topological polar surface area (TPSA) is 143 Å². The fraction of sp³-hybridized carbons (Fsp3) is 0.826. The highest BCUT2D eigenvalue weighted by molar-refractivity contribution is 5.97. The number of amides is 2. The Balaban J connectivity index is 1.59. The largest absolute Gasteiger partial charge is 0.370 e. The van der Waals surface area contributed by atoms with Crippen LogP contribution in [0.4, 0.5) is 0 Å². The number of hydrogen-bond acceptors (Lipinski definition) is 5. The number of nitrogens with one attached hydrogen (secondary N) is 2. The Morgan fingerprint density at radius 2 is 1.91 bits per heavy atom. The van der Waals surface area contributed by atoms with Gasteiger partial charge in [0.2, 0.25) is 11.8 Å². The van der Waals surface area contributed by atoms with E-state index in [2.05, 4.69) is 15.6 Å². The zero-order valence-electron chi connectivity index (χ0n) is 19.4. The summed E-state index contributed by atoms with van der Waals surface area (Å²) in [4.78, 5) is 44.0. The maximum Gasteiger partial charge on any atom is 0.246 e. The van der Waals surface area contributed by atoms with Gasteiger partial charge in [-0.3, -0.25) is 14.6 Å². The van der Waals surface area contributed by atoms with Crippen molar-refractivity contribution < 1.29 is 14.4 Å². The molecule has 2 amide bonds. The zero-order chi connectivity index (χ0) is 23.1. The molecule has 9 nitrogen and oxygen atoms in total. The Morgan fingerprint density at radius 3 is 2.50 bits per heavy atom. The number of aldehydes is 1. The van der Waals surface area contributed by atoms with E-state index in [4.69, 9.17) is 11.5 Å². The summed E-state index contributed by atoms with van der Waals surface area (Å²) < 4.78 is 0. The van der Waals surface area contributed by atoms with Crippen LogP contribution in [0.2, 0.25) is 0 Å². The predicted molar refractivity (Wildman–Crippen MR) is 124 cm³/mol. The Labute approximate surface area is 191 Å². The first kappa shape index (κ1) is 24.5. The molecule has 0 aromatic rings. The quantitative estimate of drug-likeness (QED) is 0.120. The number of aliphatic imine (C=N–C) groups is 1. The van der Waals surface area contributed by atoms with Crippen molar-refractivity contribution in [3.05, 3.63) is 0 Å². The normalized spacial score (nSPS) is 27.0. The number of carbonyl (C=O) groups excluding carboxylic acids is 3. The molecule has 0 aromatic heterocycles. The van der Waals surface area contributed by atoms with Crippen LogP contribution in [0.5, 0.6) is 0 Å². The third-order valence-electron chi connectivity index (χ3n) is 7.55. The van der Waals surface area contributed by atoms with Crippen LogP contribution in [0.1, 0.15) is 70.6 Å². The molecule has 0 aromatic carbocycles. The lowest BCUT2D eigenvalue weighted by molar-refractivity contribution is -0.143. The van der Waals surface area contributed by atoms with Gasteiger partial charge in [-0.25, -0.2) is 0 Å². The summed E-state index contributed by atoms with van der Waals surface area (Å²) in [5.74, 6) is 0.597. The minimum absolute atomic E-state index is 0.0134. The number of likely N-dealkylation sites (N-methyl/N-ethyl adjacent to an activating group) is 1. The standard InChI is InChI=1S/C23H40N6O3/c1-26-19(13-16-7-4-2-3-5-8-16)20(31)29-12-10-17-14-23(17,29)21(32)28-18(15-30)9-6-11-27-22(24)25/h15-19,26H,2-14H2,1H3,(H,28,32)(H4,24,25,27)/t17-,18-,19+,23?/m0/s1. The molecule has 1 aliphatic heterocycles. The van der Waals surface area contributed by atoms with Crippen molar-refractivity contribution in [3.8, 4) is 0 Å². The van der Waals surface area contributed by atoms with Crippen LogP contribution in [0.15, 0.2) is 4.99 Å². The Bertz CT molecular complexity index is 702. The third kappa shape index (κ3) is 5.60. The van der Waals surface area contributed by atoms with Crippen molar-refractivity contribution in [2.45, 2.75) is 88.3 Å². The van der Waals surface area contributed by atoms with Crippen LogP contribution in [0.3, 0.4) is 0 Å². The van der Waals surface area contributed by atoms with Gasteiger partial charge < -0.3 is 31.8 Å². The number of nitrogens with two attached hydrogens (primary N) is 2. The predicted octanol–water partition coefficient (Wildman–Crippen LogP) is 0.663. The maximum absolute atomic E-state index is 13.5. The fourth-order valence-electron chi connectivity index (χ4n) is 5.63. The van der Waals surface area contributed by atoms with Gasteiger partial charge in [0.25, 0.3) is 0 Å². The number of fused-ring (bicyclic) bond motifs is 1. The minimum atomic E-state index is -0.781. The second kappa shape index (κ2) is 11.1. The first-order valence-electron chi connectivity index (χ1n) is 12.2. The monoisotopic (exact) mass is 448 g/mol. The second-order valence-electron chi connectivity index (χ2n) is 9.70. The summed E-state index contributed by atoms with van der Waals surface area (Å²) in [6.45, 7) is 1.02. The van der Waals surface area contributed by atoms with Gasteiger partial charge in [-0.05, 0) is 51.0 Å². The van der Waals surface area contributed by atoms with Gasteiger partial charge in [0.1, 0.15) is 11.8 Å². The number of guanidine groups is 1. The second-order valence-corrected chi connectivity index (χ2v) is 9.70. The molecular formula is C23H40N6O3. The molecule has 180 valence electrons. The van der Waals surface area contributed by atoms with Crippen molar-refractivity contribution in [1.29, 1.82) is 0 Å². The van der Waals surface area contributed by atoms with Crippen molar-refractivity contribution in [2.24, 2.45) is 28.3 Å². The highest BCUT2D eigenvalue weighted by Crippen LogP contribution is 2.56. The van der Waals surface area contributed by atoms with Crippen molar-refractivity contribution in [2.75, 3.05) is 20.1 Å². The minimum Gasteiger partial charge on any atom is -0.370 e. The lowest BCUT2D eigenvalue weighted by Crippen LogP contribution is -2.56. The van der Waals surface area contributed by atoms with Crippen LogP contribution >= 0.6 is 0 Å². The van der Waals surface area contributed by atoms with Crippen LogP contribution in [-0.2, 0) is 14.4 Å². The molecule has 0 spiro atoms. The molecule has 3 fully saturated rings. The highest BCUT2D eigenvalue weighted by Gasteiger charge is 2.68. The molecule has 2 saturated carbocycles. The summed E-state index contributed by atoms with van der Waals surface area (Å²) in [7, 11) is 1.84. The molecule has 1 saturated heterocycles. The number of hydrogen-bond donors (Lipinski definition) is 4. The van der Waals surface area contributed by atoms with Gasteiger partial charge in [-0.1, -0.05) is 38.5 Å². The Kier molecular flexibility index (Phi) is 8.51. The van der Waals surface area contributed by atoms with Gasteiger partial charge in [0.05, 0.1) is 12.1 Å². The van der Waals surface area contributed by atoms with Crippen LogP contribution < -0.4 is 22.1 Å². The van der Waals surface area contributed by atoms with E-state index in [1.165, 1.54) is 38.5 Å². The molecule has 1 heterocycles. The Morgan fingerprint density at radius 1 is 1.19 bits per heavy atom. The summed E-state index contributed by atoms with van der Waals surface area (Å²) >= 11 is 0. The van der Waals surface area contributed by atoms with Gasteiger partial charge >= 0.3 is 0 Å². The summed E-state index contributed by atoms with van der Waals surface area (Å²) in [5, 5.41) is 6.10. The fourth-order valence-corrected chi connectivity index (χ4v) is 5.63. The van der Waals surface area contributed by atoms with Gasteiger partial charge in [0.15, 0.2) is 5.96 Å². The number of likely N-dealkylation sites (tertiary alicyclic amines) is 1. The van der Waals surface area contributed by atoms with Crippen LogP contribution in [0, 0.1) is 11.8 Å². The molecule has 0 bridgehead atoms. The number of nitrogens with zero attached hydrogens (tertiary/aromatic N) is 2. The van der Waals surface area contributed by atoms with Gasteiger partial charge in [-0.2, -0.15) is 0 Å². The summed E-state index contributed by atoms with van der Waals surface area (Å²) in [6, 6.07) is -0.862. The first-order valence-corrected chi connectivity index (χ1v) is 12.2. The lowest BCUT2D eigenvalue weighted by atomic mass is 9.92. The molecule has 4 atom stereocenters. The van der Waals surface area contributed by atoms with Crippen LogP contribution in [-0.4, -0.2) is 66.7 Å². The van der Waals surface area contributed by atoms with Gasteiger partial charge in [-0.15, -0.1) is 0 Å². The smallest absolute Gasteiger partial charge is 0.246 e. The van der Waals surface area contributed by atoms with Crippen molar-refractivity contribution in [3.63, 3.8) is 0 Å². The molecule has 32 heavy (non-hydrogen) atoms. The molecule has 1 unspecified atom stereocenters. The first-order chi connectivity index (χ1) is 15.4. The lowest BCUT2D eigenvalue weighted by Gasteiger charge is -2.32. The van der Waals surface area contributed by atoms with E-state index in [1.54, 1.807) is 4.90 Å². The summed E-state index contributed by atoms with van der Waals surface area (Å²) in [6.07, 6.45) is 11.6. The average Bonchev–Trinajstić information content (AvgIpc) is 3.47. The van der Waals surface area contributed by atoms with E-state index >= 15 is 0 Å². The molecule has 2 aliphatic carbocycles. The summed E-state index contributed by atoms with van der Waals surface area (Å²) in [5.41, 5.74) is 9.86. The molecule has 9 heteroatoms. The number of carbonyl (C=O) groups is 3. The Hall–Kier alpha value is -2.16. The van der Waals surface area contributed by atoms with E-state index in [1.807, 2.05) is 7.05 Å². The van der Waals surface area contributed by atoms with E-state index < -0.39 is 11.6 Å². The van der Waals surface area contributed by atoms with E-state index in [0.29, 0.717) is 38.3 Å².